The molecule has 0 amide bonds. The van der Waals surface area contributed by atoms with Gasteiger partial charge in [0.05, 0.1) is 0 Å². The molecule has 2 nitrogen and oxygen atoms in total. The van der Waals surface area contributed by atoms with Gasteiger partial charge in [-0.3, -0.25) is 5.41 Å². The lowest BCUT2D eigenvalue weighted by Gasteiger charge is -1.93. The highest BCUT2D eigenvalue weighted by Crippen LogP contribution is 1.95. The molecular weight excluding hydrogens is 124 g/mol. The van der Waals surface area contributed by atoms with Gasteiger partial charge in [0.1, 0.15) is 5.84 Å². The van der Waals surface area contributed by atoms with Crippen molar-refractivity contribution in [1.82, 2.24) is 0 Å². The first-order valence-corrected chi connectivity index (χ1v) is 3.20. The molecule has 2 heteroatoms. The highest BCUT2D eigenvalue weighted by molar-refractivity contribution is 5.93. The average molecular weight is 138 g/mol. The summed E-state index contributed by atoms with van der Waals surface area (Å²) < 4.78 is 0. The molecule has 56 valence electrons. The second-order valence-electron chi connectivity index (χ2n) is 2.51. The lowest BCUT2D eigenvalue weighted by Crippen LogP contribution is -2.10. The van der Waals surface area contributed by atoms with Gasteiger partial charge in [0.2, 0.25) is 0 Å². The Labute approximate surface area is 61.9 Å². The second kappa shape index (κ2) is 3.88. The molecule has 0 aliphatic rings. The van der Waals surface area contributed by atoms with Crippen molar-refractivity contribution in [2.75, 3.05) is 0 Å². The fourth-order valence-electron chi connectivity index (χ4n) is 0.381. The van der Waals surface area contributed by atoms with E-state index < -0.39 is 0 Å². The van der Waals surface area contributed by atoms with E-state index in [9.17, 15) is 0 Å². The van der Waals surface area contributed by atoms with E-state index in [4.69, 9.17) is 11.1 Å². The van der Waals surface area contributed by atoms with E-state index in [1.807, 2.05) is 32.9 Å². The number of nitrogens with one attached hydrogen (secondary N) is 1. The quantitative estimate of drug-likeness (QED) is 0.341. The van der Waals surface area contributed by atoms with Gasteiger partial charge in [-0.15, -0.1) is 0 Å². The van der Waals surface area contributed by atoms with E-state index in [1.165, 1.54) is 5.57 Å². The van der Waals surface area contributed by atoms with Crippen LogP contribution in [0.25, 0.3) is 0 Å². The van der Waals surface area contributed by atoms with Gasteiger partial charge < -0.3 is 5.73 Å². The standard InChI is InChI=1S/C8H14N2/c1-6(2)4-5-7(3)8(9)10/h4-5H,1-3H3,(H3,9,10)/b7-5+. The van der Waals surface area contributed by atoms with Crippen molar-refractivity contribution in [2.24, 2.45) is 5.73 Å². The lowest BCUT2D eigenvalue weighted by molar-refractivity contribution is 1.36. The van der Waals surface area contributed by atoms with Crippen LogP contribution in [0.1, 0.15) is 20.8 Å². The van der Waals surface area contributed by atoms with Crippen LogP contribution in [0.4, 0.5) is 0 Å². The summed E-state index contributed by atoms with van der Waals surface area (Å²) in [6.45, 7) is 5.83. The summed E-state index contributed by atoms with van der Waals surface area (Å²) in [6.07, 6.45) is 3.79. The minimum Gasteiger partial charge on any atom is -0.384 e. The molecule has 0 heterocycles. The van der Waals surface area contributed by atoms with Crippen LogP contribution >= 0.6 is 0 Å². The number of allylic oxidation sites excluding steroid dienone is 3. The molecule has 10 heavy (non-hydrogen) atoms. The molecule has 0 aromatic rings. The zero-order chi connectivity index (χ0) is 8.15. The number of rotatable bonds is 2. The first-order chi connectivity index (χ1) is 4.54. The summed E-state index contributed by atoms with van der Waals surface area (Å²) in [6, 6.07) is 0. The van der Waals surface area contributed by atoms with Crippen molar-refractivity contribution in [2.45, 2.75) is 20.8 Å². The monoisotopic (exact) mass is 138 g/mol. The first kappa shape index (κ1) is 8.95. The molecule has 0 aromatic heterocycles. The van der Waals surface area contributed by atoms with Gasteiger partial charge in [0.25, 0.3) is 0 Å². The zero-order valence-corrected chi connectivity index (χ0v) is 6.73. The number of amidine groups is 1. The van der Waals surface area contributed by atoms with Crippen LogP contribution in [0.5, 0.6) is 0 Å². The highest BCUT2D eigenvalue weighted by atomic mass is 14.7. The van der Waals surface area contributed by atoms with Gasteiger partial charge in [-0.1, -0.05) is 17.7 Å². The number of hydrogen-bond donors (Lipinski definition) is 2. The van der Waals surface area contributed by atoms with Crippen molar-refractivity contribution in [3.8, 4) is 0 Å². The summed E-state index contributed by atoms with van der Waals surface area (Å²) in [5.74, 6) is 0.137. The van der Waals surface area contributed by atoms with Crippen LogP contribution in [-0.2, 0) is 0 Å². The average Bonchev–Trinajstić information content (AvgIpc) is 1.82. The summed E-state index contributed by atoms with van der Waals surface area (Å²) >= 11 is 0. The van der Waals surface area contributed by atoms with Crippen molar-refractivity contribution >= 4 is 5.84 Å². The molecule has 0 unspecified atom stereocenters. The maximum Gasteiger partial charge on any atom is 0.118 e. The van der Waals surface area contributed by atoms with Gasteiger partial charge in [0, 0.05) is 0 Å². The van der Waals surface area contributed by atoms with Crippen LogP contribution < -0.4 is 5.73 Å². The van der Waals surface area contributed by atoms with E-state index in [2.05, 4.69) is 0 Å². The summed E-state index contributed by atoms with van der Waals surface area (Å²) in [5.41, 5.74) is 7.22. The lowest BCUT2D eigenvalue weighted by atomic mass is 10.2. The topological polar surface area (TPSA) is 49.9 Å². The molecule has 0 atom stereocenters. The maximum atomic E-state index is 7.02. The Morgan fingerprint density at radius 2 is 1.70 bits per heavy atom. The van der Waals surface area contributed by atoms with Crippen molar-refractivity contribution < 1.29 is 0 Å². The van der Waals surface area contributed by atoms with Crippen molar-refractivity contribution in [3.05, 3.63) is 23.3 Å². The SMILES string of the molecule is CC(C)=C/C=C(\C)C(=N)N. The number of hydrogen-bond acceptors (Lipinski definition) is 1. The molecule has 0 rings (SSSR count). The molecule has 0 aliphatic heterocycles. The van der Waals surface area contributed by atoms with Crippen LogP contribution in [0, 0.1) is 5.41 Å². The molecule has 3 N–H and O–H groups in total. The smallest absolute Gasteiger partial charge is 0.118 e. The Balaban J connectivity index is 4.19. The van der Waals surface area contributed by atoms with Crippen LogP contribution in [0.3, 0.4) is 0 Å². The van der Waals surface area contributed by atoms with Gasteiger partial charge in [0.15, 0.2) is 0 Å². The molecule has 0 fully saturated rings. The maximum absolute atomic E-state index is 7.02. The first-order valence-electron chi connectivity index (χ1n) is 3.20. The Bertz CT molecular complexity index is 183. The fourth-order valence-corrected chi connectivity index (χ4v) is 0.381. The van der Waals surface area contributed by atoms with Gasteiger partial charge >= 0.3 is 0 Å². The Hall–Kier alpha value is -1.05. The largest absolute Gasteiger partial charge is 0.384 e. The zero-order valence-electron chi connectivity index (χ0n) is 6.73. The molecule has 0 saturated heterocycles. The van der Waals surface area contributed by atoms with Crippen LogP contribution in [-0.4, -0.2) is 5.84 Å². The minimum absolute atomic E-state index is 0.137. The van der Waals surface area contributed by atoms with Gasteiger partial charge in [-0.25, -0.2) is 0 Å². The third-order valence-electron chi connectivity index (χ3n) is 1.09. The second-order valence-corrected chi connectivity index (χ2v) is 2.51. The van der Waals surface area contributed by atoms with Crippen molar-refractivity contribution in [1.29, 1.82) is 5.41 Å². The predicted molar refractivity (Wildman–Crippen MR) is 45.1 cm³/mol. The van der Waals surface area contributed by atoms with Crippen LogP contribution in [0.15, 0.2) is 23.3 Å². The molecule has 0 radical (unpaired) electrons. The number of nitrogens with two attached hydrogens (primary N) is 1. The summed E-state index contributed by atoms with van der Waals surface area (Å²) in [5, 5.41) is 7.02. The fraction of sp³-hybridized carbons (Fsp3) is 0.375. The molecule has 0 saturated carbocycles. The highest BCUT2D eigenvalue weighted by Gasteiger charge is 1.87. The van der Waals surface area contributed by atoms with Gasteiger partial charge in [-0.2, -0.15) is 0 Å². The van der Waals surface area contributed by atoms with E-state index >= 15 is 0 Å². The molecule has 0 spiro atoms. The summed E-state index contributed by atoms with van der Waals surface area (Å²) in [4.78, 5) is 0. The third kappa shape index (κ3) is 3.89. The third-order valence-corrected chi connectivity index (χ3v) is 1.09. The molecule has 0 aliphatic carbocycles. The van der Waals surface area contributed by atoms with E-state index in [0.717, 1.165) is 5.57 Å². The molecule has 0 bridgehead atoms. The van der Waals surface area contributed by atoms with E-state index in [0.29, 0.717) is 0 Å². The van der Waals surface area contributed by atoms with E-state index in [1.54, 1.807) is 0 Å². The predicted octanol–water partition coefficient (Wildman–Crippen LogP) is 1.83. The Morgan fingerprint density at radius 1 is 1.20 bits per heavy atom. The Kier molecular flexibility index (Phi) is 3.47. The Morgan fingerprint density at radius 3 is 2.00 bits per heavy atom. The minimum atomic E-state index is 0.137. The summed E-state index contributed by atoms with van der Waals surface area (Å²) in [7, 11) is 0. The van der Waals surface area contributed by atoms with E-state index in [-0.39, 0.29) is 5.84 Å². The molecular formula is C8H14N2. The van der Waals surface area contributed by atoms with Gasteiger partial charge in [-0.05, 0) is 26.3 Å². The van der Waals surface area contributed by atoms with Crippen LogP contribution in [0.2, 0.25) is 0 Å². The normalized spacial score (nSPS) is 10.9. The molecule has 0 aromatic carbocycles. The van der Waals surface area contributed by atoms with Crippen molar-refractivity contribution in [3.63, 3.8) is 0 Å².